The second kappa shape index (κ2) is 9.17. The van der Waals surface area contributed by atoms with Gasteiger partial charge in [0, 0.05) is 18.7 Å². The van der Waals surface area contributed by atoms with Crippen molar-refractivity contribution in [3.63, 3.8) is 0 Å². The lowest BCUT2D eigenvalue weighted by atomic mass is 10.2. The molecule has 156 valence electrons. The van der Waals surface area contributed by atoms with Crippen molar-refractivity contribution in [1.82, 2.24) is 4.90 Å². The number of halogens is 1. The van der Waals surface area contributed by atoms with Gasteiger partial charge < -0.3 is 9.64 Å². The van der Waals surface area contributed by atoms with Crippen molar-refractivity contribution in [3.8, 4) is 5.75 Å². The van der Waals surface area contributed by atoms with Crippen molar-refractivity contribution in [2.75, 3.05) is 24.9 Å². The molecule has 6 nitrogen and oxygen atoms in total. The number of amides is 1. The van der Waals surface area contributed by atoms with E-state index in [-0.39, 0.29) is 10.8 Å². The number of methoxy groups -OCH3 is 1. The summed E-state index contributed by atoms with van der Waals surface area (Å²) < 4.78 is 34.0. The molecule has 1 saturated carbocycles. The van der Waals surface area contributed by atoms with Crippen LogP contribution in [0.2, 0.25) is 0 Å². The van der Waals surface area contributed by atoms with E-state index in [1.807, 2.05) is 11.8 Å². The highest BCUT2D eigenvalue weighted by molar-refractivity contribution is 9.10. The first-order chi connectivity index (χ1) is 13.8. The molecule has 0 saturated heterocycles. The Labute approximate surface area is 180 Å². The van der Waals surface area contributed by atoms with Gasteiger partial charge in [-0.25, -0.2) is 8.42 Å². The van der Waals surface area contributed by atoms with E-state index in [1.165, 1.54) is 19.2 Å². The summed E-state index contributed by atoms with van der Waals surface area (Å²) in [5, 5.41) is 0. The van der Waals surface area contributed by atoms with Gasteiger partial charge >= 0.3 is 0 Å². The molecule has 0 atom stereocenters. The number of carbonyl (C=O) groups is 1. The maximum absolute atomic E-state index is 12.9. The summed E-state index contributed by atoms with van der Waals surface area (Å²) in [4.78, 5) is 14.8. The van der Waals surface area contributed by atoms with Crippen molar-refractivity contribution in [3.05, 3.63) is 52.5 Å². The fourth-order valence-corrected chi connectivity index (χ4v) is 4.72. The van der Waals surface area contributed by atoms with Gasteiger partial charge in [-0.2, -0.15) is 0 Å². The molecule has 0 bridgehead atoms. The van der Waals surface area contributed by atoms with E-state index in [2.05, 4.69) is 20.7 Å². The van der Waals surface area contributed by atoms with Crippen LogP contribution in [0.3, 0.4) is 0 Å². The highest BCUT2D eigenvalue weighted by Gasteiger charge is 2.27. The minimum absolute atomic E-state index is 0.0539. The quantitative estimate of drug-likeness (QED) is 0.572. The van der Waals surface area contributed by atoms with Crippen LogP contribution < -0.4 is 9.46 Å². The summed E-state index contributed by atoms with van der Waals surface area (Å²) in [6.45, 7) is 3.44. The number of nitrogens with one attached hydrogen (secondary N) is 1. The van der Waals surface area contributed by atoms with E-state index in [0.29, 0.717) is 33.9 Å². The van der Waals surface area contributed by atoms with Crippen LogP contribution in [-0.2, 0) is 10.0 Å². The van der Waals surface area contributed by atoms with Crippen LogP contribution in [0, 0.1) is 5.92 Å². The first kappa shape index (κ1) is 21.6. The van der Waals surface area contributed by atoms with Crippen LogP contribution in [0.5, 0.6) is 5.75 Å². The summed E-state index contributed by atoms with van der Waals surface area (Å²) in [7, 11) is -2.30. The number of hydrogen-bond donors (Lipinski definition) is 1. The number of nitrogens with zero attached hydrogens (tertiary/aromatic N) is 1. The second-order valence-electron chi connectivity index (χ2n) is 7.18. The summed E-state index contributed by atoms with van der Waals surface area (Å²) in [5.74, 6) is 1.06. The Morgan fingerprint density at radius 3 is 2.62 bits per heavy atom. The van der Waals surface area contributed by atoms with E-state index in [4.69, 9.17) is 4.74 Å². The zero-order valence-corrected chi connectivity index (χ0v) is 18.9. The molecule has 2 aromatic carbocycles. The fraction of sp³-hybridized carbons (Fsp3) is 0.381. The number of sulfonamides is 1. The summed E-state index contributed by atoms with van der Waals surface area (Å²) in [6, 6.07) is 11.1. The average Bonchev–Trinajstić information content (AvgIpc) is 3.51. The number of carbonyl (C=O) groups excluding carboxylic acids is 1. The lowest BCUT2D eigenvalue weighted by Gasteiger charge is -2.22. The van der Waals surface area contributed by atoms with Crippen molar-refractivity contribution in [2.24, 2.45) is 5.92 Å². The highest BCUT2D eigenvalue weighted by atomic mass is 79.9. The largest absolute Gasteiger partial charge is 0.496 e. The van der Waals surface area contributed by atoms with Crippen molar-refractivity contribution < 1.29 is 17.9 Å². The first-order valence-corrected chi connectivity index (χ1v) is 11.9. The molecule has 0 unspecified atom stereocenters. The van der Waals surface area contributed by atoms with Gasteiger partial charge in [0.2, 0.25) is 0 Å². The van der Waals surface area contributed by atoms with Gasteiger partial charge in [0.1, 0.15) is 5.75 Å². The monoisotopic (exact) mass is 480 g/mol. The average molecular weight is 481 g/mol. The van der Waals surface area contributed by atoms with Crippen LogP contribution in [0.15, 0.2) is 51.8 Å². The van der Waals surface area contributed by atoms with Gasteiger partial charge in [-0.1, -0.05) is 13.0 Å². The molecular formula is C21H25BrN2O4S. The number of anilines is 1. The molecule has 29 heavy (non-hydrogen) atoms. The zero-order chi connectivity index (χ0) is 21.0. The molecule has 0 spiro atoms. The highest BCUT2D eigenvalue weighted by Crippen LogP contribution is 2.31. The maximum Gasteiger partial charge on any atom is 0.261 e. The normalized spacial score (nSPS) is 13.8. The number of ether oxygens (including phenoxy) is 1. The number of rotatable bonds is 9. The minimum Gasteiger partial charge on any atom is -0.496 e. The van der Waals surface area contributed by atoms with Gasteiger partial charge in [-0.15, -0.1) is 0 Å². The van der Waals surface area contributed by atoms with Crippen LogP contribution >= 0.6 is 15.9 Å². The van der Waals surface area contributed by atoms with Crippen molar-refractivity contribution in [1.29, 1.82) is 0 Å². The summed E-state index contributed by atoms with van der Waals surface area (Å²) >= 11 is 3.35. The molecule has 0 heterocycles. The molecule has 2 aromatic rings. The molecule has 1 fully saturated rings. The van der Waals surface area contributed by atoms with E-state index in [1.54, 1.807) is 30.3 Å². The lowest BCUT2D eigenvalue weighted by molar-refractivity contribution is 0.0747. The smallest absolute Gasteiger partial charge is 0.261 e. The third-order valence-corrected chi connectivity index (χ3v) is 6.75. The van der Waals surface area contributed by atoms with E-state index < -0.39 is 10.0 Å². The third-order valence-electron chi connectivity index (χ3n) is 4.75. The van der Waals surface area contributed by atoms with E-state index in [9.17, 15) is 13.2 Å². The third kappa shape index (κ3) is 5.51. The standard InChI is InChI=1S/C21H25BrN2O4S/c1-3-11-24(14-15-7-8-15)21(25)16-5-4-6-18(12-16)29(26,27)23-17-9-10-20(28-2)19(22)13-17/h4-6,9-10,12-13,15,23H,3,7-8,11,14H2,1-2H3. The Balaban J connectivity index is 1.81. The molecule has 3 rings (SSSR count). The van der Waals surface area contributed by atoms with Gasteiger partial charge in [0.25, 0.3) is 15.9 Å². The first-order valence-electron chi connectivity index (χ1n) is 9.59. The Morgan fingerprint density at radius 2 is 2.00 bits per heavy atom. The van der Waals surface area contributed by atoms with Crippen molar-refractivity contribution in [2.45, 2.75) is 31.1 Å². The molecule has 8 heteroatoms. The van der Waals surface area contributed by atoms with Gasteiger partial charge in [-0.05, 0) is 77.5 Å². The number of benzene rings is 2. The molecule has 0 aliphatic heterocycles. The Morgan fingerprint density at radius 1 is 1.24 bits per heavy atom. The van der Waals surface area contributed by atoms with Gasteiger partial charge in [-0.3, -0.25) is 9.52 Å². The van der Waals surface area contributed by atoms with Gasteiger partial charge in [0.05, 0.1) is 22.2 Å². The van der Waals surface area contributed by atoms with Crippen LogP contribution in [0.4, 0.5) is 5.69 Å². The Hall–Kier alpha value is -2.06. The molecule has 1 aliphatic rings. The van der Waals surface area contributed by atoms with Crippen molar-refractivity contribution >= 4 is 37.5 Å². The van der Waals surface area contributed by atoms with E-state index >= 15 is 0 Å². The summed E-state index contributed by atoms with van der Waals surface area (Å²) in [5.41, 5.74) is 0.786. The Kier molecular flexibility index (Phi) is 6.85. The second-order valence-corrected chi connectivity index (χ2v) is 9.71. The molecule has 1 aliphatic carbocycles. The topological polar surface area (TPSA) is 75.7 Å². The molecular weight excluding hydrogens is 456 g/mol. The van der Waals surface area contributed by atoms with Crippen LogP contribution in [0.1, 0.15) is 36.5 Å². The predicted octanol–water partition coefficient (Wildman–Crippen LogP) is 4.52. The van der Waals surface area contributed by atoms with Crippen LogP contribution in [-0.4, -0.2) is 39.4 Å². The molecule has 0 aromatic heterocycles. The lowest BCUT2D eigenvalue weighted by Crippen LogP contribution is -2.33. The minimum atomic E-state index is -3.84. The molecule has 0 radical (unpaired) electrons. The molecule has 1 N–H and O–H groups in total. The SMILES string of the molecule is CCCN(CC1CC1)C(=O)c1cccc(S(=O)(=O)Nc2ccc(OC)c(Br)c2)c1. The summed E-state index contributed by atoms with van der Waals surface area (Å²) in [6.07, 6.45) is 3.18. The molecule has 1 amide bonds. The van der Waals surface area contributed by atoms with Gasteiger partial charge in [0.15, 0.2) is 0 Å². The fourth-order valence-electron chi connectivity index (χ4n) is 3.08. The number of hydrogen-bond acceptors (Lipinski definition) is 4. The zero-order valence-electron chi connectivity index (χ0n) is 16.5. The van der Waals surface area contributed by atoms with Crippen LogP contribution in [0.25, 0.3) is 0 Å². The Bertz CT molecular complexity index is 990. The van der Waals surface area contributed by atoms with E-state index in [0.717, 1.165) is 25.8 Å². The predicted molar refractivity (Wildman–Crippen MR) is 117 cm³/mol. The maximum atomic E-state index is 12.9.